The van der Waals surface area contributed by atoms with E-state index in [2.05, 4.69) is 10.2 Å². The Bertz CT molecular complexity index is 437. The molecule has 2 aromatic rings. The molecule has 1 aromatic carbocycles. The van der Waals surface area contributed by atoms with Gasteiger partial charge in [0.25, 0.3) is 0 Å². The van der Waals surface area contributed by atoms with Crippen molar-refractivity contribution in [3.05, 3.63) is 30.2 Å². The summed E-state index contributed by atoms with van der Waals surface area (Å²) in [5.41, 5.74) is 0.734. The Hall–Kier alpha value is -1.84. The van der Waals surface area contributed by atoms with Crippen LogP contribution in [-0.2, 0) is 6.42 Å². The second-order valence-corrected chi connectivity index (χ2v) is 2.90. The summed E-state index contributed by atoms with van der Waals surface area (Å²) in [6, 6.07) is 6.74. The zero-order valence-corrected chi connectivity index (χ0v) is 7.77. The Morgan fingerprint density at radius 2 is 2.21 bits per heavy atom. The summed E-state index contributed by atoms with van der Waals surface area (Å²) in [5, 5.41) is 17.0. The number of phenolic OH excluding ortho intramolecular Hbond substituents is 1. The molecule has 1 N–H and O–H groups in total. The summed E-state index contributed by atoms with van der Waals surface area (Å²) in [4.78, 5) is 0. The lowest BCUT2D eigenvalue weighted by molar-refractivity contribution is 0.474. The number of hydrogen-bond donors (Lipinski definition) is 1. The molecule has 0 atom stereocenters. The van der Waals surface area contributed by atoms with E-state index in [9.17, 15) is 5.11 Å². The lowest BCUT2D eigenvalue weighted by Crippen LogP contribution is -1.77. The fourth-order valence-corrected chi connectivity index (χ4v) is 1.15. The molecule has 0 unspecified atom stereocenters. The monoisotopic (exact) mass is 190 g/mol. The van der Waals surface area contributed by atoms with Crippen LogP contribution in [0.4, 0.5) is 0 Å². The molecule has 0 amide bonds. The van der Waals surface area contributed by atoms with Crippen molar-refractivity contribution in [2.24, 2.45) is 0 Å². The highest BCUT2D eigenvalue weighted by molar-refractivity contribution is 5.54. The average Bonchev–Trinajstić information content (AvgIpc) is 2.66. The number of hydrogen-bond acceptors (Lipinski definition) is 4. The normalized spacial score (nSPS) is 10.4. The van der Waals surface area contributed by atoms with Gasteiger partial charge in [-0.1, -0.05) is 13.0 Å². The van der Waals surface area contributed by atoms with Gasteiger partial charge in [-0.25, -0.2) is 0 Å². The van der Waals surface area contributed by atoms with Crippen LogP contribution in [0, 0.1) is 0 Å². The number of rotatable bonds is 2. The smallest absolute Gasteiger partial charge is 0.247 e. The molecule has 1 aromatic heterocycles. The first-order chi connectivity index (χ1) is 6.79. The molecule has 0 saturated heterocycles. The number of aromatic hydroxyl groups is 1. The van der Waals surface area contributed by atoms with Gasteiger partial charge < -0.3 is 9.52 Å². The van der Waals surface area contributed by atoms with E-state index in [1.54, 1.807) is 18.2 Å². The molecule has 2 rings (SSSR count). The fraction of sp³-hybridized carbons (Fsp3) is 0.200. The molecule has 4 heteroatoms. The van der Waals surface area contributed by atoms with Crippen molar-refractivity contribution in [1.82, 2.24) is 10.2 Å². The molecule has 0 aliphatic rings. The van der Waals surface area contributed by atoms with Gasteiger partial charge in [0.2, 0.25) is 11.8 Å². The van der Waals surface area contributed by atoms with Crippen LogP contribution in [0.25, 0.3) is 11.5 Å². The Balaban J connectivity index is 2.39. The molecule has 0 radical (unpaired) electrons. The first-order valence-electron chi connectivity index (χ1n) is 4.41. The Kier molecular flexibility index (Phi) is 2.18. The van der Waals surface area contributed by atoms with Crippen LogP contribution in [0.2, 0.25) is 0 Å². The number of nitrogens with zero attached hydrogens (tertiary/aromatic N) is 2. The quantitative estimate of drug-likeness (QED) is 0.786. The van der Waals surface area contributed by atoms with Crippen molar-refractivity contribution < 1.29 is 9.52 Å². The van der Waals surface area contributed by atoms with Gasteiger partial charge in [-0.05, 0) is 18.2 Å². The van der Waals surface area contributed by atoms with Crippen molar-refractivity contribution in [2.45, 2.75) is 13.3 Å². The van der Waals surface area contributed by atoms with Crippen LogP contribution >= 0.6 is 0 Å². The van der Waals surface area contributed by atoms with Crippen LogP contribution in [0.5, 0.6) is 5.75 Å². The van der Waals surface area contributed by atoms with Gasteiger partial charge in [0.15, 0.2) is 0 Å². The van der Waals surface area contributed by atoms with Crippen LogP contribution < -0.4 is 0 Å². The summed E-state index contributed by atoms with van der Waals surface area (Å²) in [6.45, 7) is 1.94. The zero-order valence-electron chi connectivity index (χ0n) is 7.77. The van der Waals surface area contributed by atoms with Gasteiger partial charge >= 0.3 is 0 Å². The molecule has 72 valence electrons. The van der Waals surface area contributed by atoms with Crippen molar-refractivity contribution >= 4 is 0 Å². The molecule has 0 saturated carbocycles. The first-order valence-corrected chi connectivity index (χ1v) is 4.41. The van der Waals surface area contributed by atoms with E-state index in [0.29, 0.717) is 18.2 Å². The molecule has 0 aliphatic heterocycles. The number of benzene rings is 1. The van der Waals surface area contributed by atoms with Crippen molar-refractivity contribution in [3.63, 3.8) is 0 Å². The SMILES string of the molecule is CCc1nnc(-c2cccc(O)c2)o1. The van der Waals surface area contributed by atoms with Crippen molar-refractivity contribution in [2.75, 3.05) is 0 Å². The van der Waals surface area contributed by atoms with Gasteiger partial charge in [0.1, 0.15) is 5.75 Å². The fourth-order valence-electron chi connectivity index (χ4n) is 1.15. The van der Waals surface area contributed by atoms with E-state index in [1.807, 2.05) is 13.0 Å². The summed E-state index contributed by atoms with van der Waals surface area (Å²) >= 11 is 0. The Morgan fingerprint density at radius 1 is 1.36 bits per heavy atom. The van der Waals surface area contributed by atoms with Gasteiger partial charge in [-0.3, -0.25) is 0 Å². The molecular formula is C10H10N2O2. The number of aryl methyl sites for hydroxylation is 1. The second-order valence-electron chi connectivity index (χ2n) is 2.90. The minimum atomic E-state index is 0.193. The molecule has 0 spiro atoms. The van der Waals surface area contributed by atoms with Gasteiger partial charge in [0, 0.05) is 12.0 Å². The highest BCUT2D eigenvalue weighted by Crippen LogP contribution is 2.21. The summed E-state index contributed by atoms with van der Waals surface area (Å²) < 4.78 is 5.34. The highest BCUT2D eigenvalue weighted by atomic mass is 16.4. The molecule has 0 bridgehead atoms. The third kappa shape index (κ3) is 1.59. The third-order valence-electron chi connectivity index (χ3n) is 1.86. The van der Waals surface area contributed by atoms with E-state index in [0.717, 1.165) is 5.56 Å². The van der Waals surface area contributed by atoms with Crippen LogP contribution in [0.1, 0.15) is 12.8 Å². The lowest BCUT2D eigenvalue weighted by atomic mass is 10.2. The molecular weight excluding hydrogens is 180 g/mol. The standard InChI is InChI=1S/C10H10N2O2/c1-2-9-11-12-10(14-9)7-4-3-5-8(13)6-7/h3-6,13H,2H2,1H3. The van der Waals surface area contributed by atoms with E-state index >= 15 is 0 Å². The summed E-state index contributed by atoms with van der Waals surface area (Å²) in [5.74, 6) is 1.24. The molecule has 1 heterocycles. The van der Waals surface area contributed by atoms with Gasteiger partial charge in [-0.2, -0.15) is 0 Å². The average molecular weight is 190 g/mol. The molecule has 14 heavy (non-hydrogen) atoms. The maximum absolute atomic E-state index is 9.25. The Morgan fingerprint density at radius 3 is 2.86 bits per heavy atom. The third-order valence-corrected chi connectivity index (χ3v) is 1.86. The first kappa shape index (κ1) is 8.74. The molecule has 0 fully saturated rings. The predicted octanol–water partition coefficient (Wildman–Crippen LogP) is 2.00. The number of aromatic nitrogens is 2. The molecule has 0 aliphatic carbocycles. The lowest BCUT2D eigenvalue weighted by Gasteiger charge is -1.94. The van der Waals surface area contributed by atoms with E-state index in [4.69, 9.17) is 4.42 Å². The van der Waals surface area contributed by atoms with Crippen molar-refractivity contribution in [1.29, 1.82) is 0 Å². The van der Waals surface area contributed by atoms with Crippen LogP contribution in [-0.4, -0.2) is 15.3 Å². The maximum Gasteiger partial charge on any atom is 0.247 e. The van der Waals surface area contributed by atoms with Gasteiger partial charge in [-0.15, -0.1) is 10.2 Å². The van der Waals surface area contributed by atoms with Crippen LogP contribution in [0.3, 0.4) is 0 Å². The zero-order chi connectivity index (χ0) is 9.97. The topological polar surface area (TPSA) is 59.2 Å². The van der Waals surface area contributed by atoms with Crippen LogP contribution in [0.15, 0.2) is 28.7 Å². The predicted molar refractivity (Wildman–Crippen MR) is 50.8 cm³/mol. The minimum Gasteiger partial charge on any atom is -0.508 e. The number of phenols is 1. The van der Waals surface area contributed by atoms with Crippen molar-refractivity contribution in [3.8, 4) is 17.2 Å². The summed E-state index contributed by atoms with van der Waals surface area (Å²) in [7, 11) is 0. The summed E-state index contributed by atoms with van der Waals surface area (Å²) in [6.07, 6.45) is 0.714. The van der Waals surface area contributed by atoms with E-state index in [1.165, 1.54) is 0 Å². The highest BCUT2D eigenvalue weighted by Gasteiger charge is 2.06. The second kappa shape index (κ2) is 3.49. The van der Waals surface area contributed by atoms with E-state index < -0.39 is 0 Å². The minimum absolute atomic E-state index is 0.193. The van der Waals surface area contributed by atoms with Gasteiger partial charge in [0.05, 0.1) is 0 Å². The maximum atomic E-state index is 9.25. The van der Waals surface area contributed by atoms with E-state index in [-0.39, 0.29) is 5.75 Å². The molecule has 4 nitrogen and oxygen atoms in total. The largest absolute Gasteiger partial charge is 0.508 e. The Labute approximate surface area is 81.2 Å².